The number of rotatable bonds is 5. The van der Waals surface area contributed by atoms with Crippen molar-refractivity contribution >= 4 is 45.9 Å². The van der Waals surface area contributed by atoms with Gasteiger partial charge in [0.1, 0.15) is 5.82 Å². The molecule has 4 aromatic rings. The number of para-hydroxylation sites is 1. The minimum atomic E-state index is -0.639. The van der Waals surface area contributed by atoms with Crippen molar-refractivity contribution in [1.82, 2.24) is 9.55 Å². The fourth-order valence-electron chi connectivity index (χ4n) is 4.04. The van der Waals surface area contributed by atoms with E-state index in [1.807, 2.05) is 12.1 Å². The lowest BCUT2D eigenvalue weighted by molar-refractivity contribution is -0.113. The van der Waals surface area contributed by atoms with Gasteiger partial charge in [0.15, 0.2) is 5.16 Å². The van der Waals surface area contributed by atoms with E-state index in [-0.39, 0.29) is 22.2 Å². The standard InChI is InChI=1S/C25H19ClFN3O2S/c26-20-11-10-18(13-21(20)27)30-24(32)19-6-1-2-7-22(19)29-25(30)33-14-23(31)28-17-9-8-15-4-3-5-16(15)12-17/h1-2,6-13H,3-5,14H2,(H,28,31). The minimum absolute atomic E-state index is 0.0384. The van der Waals surface area contributed by atoms with Gasteiger partial charge in [0.05, 0.1) is 27.4 Å². The second-order valence-corrected chi connectivity index (χ2v) is 9.17. The number of aromatic nitrogens is 2. The average molecular weight is 480 g/mol. The van der Waals surface area contributed by atoms with Crippen molar-refractivity contribution in [2.45, 2.75) is 24.4 Å². The van der Waals surface area contributed by atoms with Gasteiger partial charge in [0, 0.05) is 5.69 Å². The summed E-state index contributed by atoms with van der Waals surface area (Å²) in [6, 6.07) is 17.1. The molecule has 166 valence electrons. The summed E-state index contributed by atoms with van der Waals surface area (Å²) in [5.41, 5.74) is 3.82. The Balaban J connectivity index is 1.45. The van der Waals surface area contributed by atoms with Gasteiger partial charge in [-0.05, 0) is 72.9 Å². The van der Waals surface area contributed by atoms with E-state index in [2.05, 4.69) is 16.4 Å². The molecule has 0 atom stereocenters. The predicted molar refractivity (Wildman–Crippen MR) is 130 cm³/mol. The zero-order valence-corrected chi connectivity index (χ0v) is 19.0. The van der Waals surface area contributed by atoms with Crippen molar-refractivity contribution in [2.75, 3.05) is 11.1 Å². The van der Waals surface area contributed by atoms with E-state index in [1.54, 1.807) is 30.3 Å². The number of aryl methyl sites for hydroxylation is 2. The third-order valence-electron chi connectivity index (χ3n) is 5.62. The fourth-order valence-corrected chi connectivity index (χ4v) is 4.97. The molecule has 8 heteroatoms. The molecule has 0 unspecified atom stereocenters. The van der Waals surface area contributed by atoms with Gasteiger partial charge in [-0.25, -0.2) is 9.37 Å². The highest BCUT2D eigenvalue weighted by molar-refractivity contribution is 7.99. The van der Waals surface area contributed by atoms with Gasteiger partial charge in [-0.1, -0.05) is 41.6 Å². The molecule has 0 bridgehead atoms. The minimum Gasteiger partial charge on any atom is -0.325 e. The van der Waals surface area contributed by atoms with Gasteiger partial charge in [0.25, 0.3) is 5.56 Å². The van der Waals surface area contributed by atoms with Crippen LogP contribution < -0.4 is 10.9 Å². The van der Waals surface area contributed by atoms with Crippen LogP contribution in [-0.2, 0) is 17.6 Å². The number of carbonyl (C=O) groups excluding carboxylic acids is 1. The fraction of sp³-hybridized carbons (Fsp3) is 0.160. The van der Waals surface area contributed by atoms with Crippen LogP contribution in [0.4, 0.5) is 10.1 Å². The maximum atomic E-state index is 14.2. The van der Waals surface area contributed by atoms with E-state index in [1.165, 1.54) is 27.8 Å². The molecule has 1 heterocycles. The van der Waals surface area contributed by atoms with E-state index < -0.39 is 5.82 Å². The highest BCUT2D eigenvalue weighted by Gasteiger charge is 2.17. The first-order chi connectivity index (χ1) is 16.0. The quantitative estimate of drug-likeness (QED) is 0.307. The zero-order valence-electron chi connectivity index (χ0n) is 17.5. The van der Waals surface area contributed by atoms with E-state index in [0.29, 0.717) is 21.7 Å². The first-order valence-corrected chi connectivity index (χ1v) is 11.9. The Hall–Kier alpha value is -3.16. The Kier molecular flexibility index (Phi) is 5.91. The third kappa shape index (κ3) is 4.38. The Labute approximate surface area is 198 Å². The van der Waals surface area contributed by atoms with E-state index in [0.717, 1.165) is 36.7 Å². The molecular weight excluding hydrogens is 461 g/mol. The molecule has 0 saturated carbocycles. The zero-order chi connectivity index (χ0) is 22.9. The number of halogens is 2. The van der Waals surface area contributed by atoms with Crippen LogP contribution in [0.1, 0.15) is 17.5 Å². The van der Waals surface area contributed by atoms with Gasteiger partial charge < -0.3 is 5.32 Å². The van der Waals surface area contributed by atoms with Crippen LogP contribution in [0, 0.1) is 5.82 Å². The average Bonchev–Trinajstić information content (AvgIpc) is 3.28. The van der Waals surface area contributed by atoms with Crippen molar-refractivity contribution in [3.8, 4) is 5.69 Å². The van der Waals surface area contributed by atoms with Crippen molar-refractivity contribution < 1.29 is 9.18 Å². The van der Waals surface area contributed by atoms with Gasteiger partial charge in [0.2, 0.25) is 5.91 Å². The molecule has 3 aromatic carbocycles. The van der Waals surface area contributed by atoms with E-state index in [9.17, 15) is 14.0 Å². The van der Waals surface area contributed by atoms with Crippen molar-refractivity contribution in [3.63, 3.8) is 0 Å². The summed E-state index contributed by atoms with van der Waals surface area (Å²) in [6.45, 7) is 0. The molecular formula is C25H19ClFN3O2S. The molecule has 1 aliphatic rings. The lowest BCUT2D eigenvalue weighted by atomic mass is 10.1. The van der Waals surface area contributed by atoms with Gasteiger partial charge in [-0.3, -0.25) is 14.2 Å². The van der Waals surface area contributed by atoms with Crippen LogP contribution in [0.5, 0.6) is 0 Å². The number of benzene rings is 3. The molecule has 5 nitrogen and oxygen atoms in total. The number of nitrogens with zero attached hydrogens (tertiary/aromatic N) is 2. The maximum Gasteiger partial charge on any atom is 0.266 e. The second-order valence-electron chi connectivity index (χ2n) is 7.82. The second kappa shape index (κ2) is 9.00. The first kappa shape index (κ1) is 21.7. The molecule has 0 saturated heterocycles. The summed E-state index contributed by atoms with van der Waals surface area (Å²) in [5, 5.41) is 3.58. The van der Waals surface area contributed by atoms with Crippen molar-refractivity contribution in [2.24, 2.45) is 0 Å². The Morgan fingerprint density at radius 1 is 1.09 bits per heavy atom. The number of hydrogen-bond donors (Lipinski definition) is 1. The van der Waals surface area contributed by atoms with E-state index in [4.69, 9.17) is 11.6 Å². The number of hydrogen-bond acceptors (Lipinski definition) is 4. The summed E-state index contributed by atoms with van der Waals surface area (Å²) in [7, 11) is 0. The smallest absolute Gasteiger partial charge is 0.266 e. The van der Waals surface area contributed by atoms with Crippen molar-refractivity contribution in [1.29, 1.82) is 0 Å². The Bertz CT molecular complexity index is 1450. The van der Waals surface area contributed by atoms with Gasteiger partial charge in [-0.15, -0.1) is 0 Å². The van der Waals surface area contributed by atoms with Crippen LogP contribution in [0.25, 0.3) is 16.6 Å². The van der Waals surface area contributed by atoms with Crippen LogP contribution in [0.3, 0.4) is 0 Å². The lowest BCUT2D eigenvalue weighted by Crippen LogP contribution is -2.23. The Morgan fingerprint density at radius 3 is 2.76 bits per heavy atom. The molecule has 5 rings (SSSR count). The van der Waals surface area contributed by atoms with Crippen molar-refractivity contribution in [3.05, 3.63) is 93.0 Å². The first-order valence-electron chi connectivity index (χ1n) is 10.5. The number of anilines is 1. The normalized spacial score (nSPS) is 12.7. The van der Waals surface area contributed by atoms with Crippen LogP contribution in [0.2, 0.25) is 5.02 Å². The molecule has 1 aliphatic carbocycles. The summed E-state index contributed by atoms with van der Waals surface area (Å²) in [5.74, 6) is -0.813. The topological polar surface area (TPSA) is 64.0 Å². The number of fused-ring (bicyclic) bond motifs is 2. The summed E-state index contributed by atoms with van der Waals surface area (Å²) < 4.78 is 15.5. The summed E-state index contributed by atoms with van der Waals surface area (Å²) in [6.07, 6.45) is 3.24. The van der Waals surface area contributed by atoms with Crippen LogP contribution in [-0.4, -0.2) is 21.2 Å². The molecule has 1 amide bonds. The monoisotopic (exact) mass is 479 g/mol. The molecule has 1 N–H and O–H groups in total. The molecule has 0 spiro atoms. The third-order valence-corrected chi connectivity index (χ3v) is 6.87. The number of nitrogens with one attached hydrogen (secondary N) is 1. The SMILES string of the molecule is O=C(CSc1nc2ccccc2c(=O)n1-c1ccc(Cl)c(F)c1)Nc1ccc2c(c1)CCC2. The molecule has 1 aromatic heterocycles. The predicted octanol–water partition coefficient (Wildman–Crippen LogP) is 5.40. The highest BCUT2D eigenvalue weighted by atomic mass is 35.5. The largest absolute Gasteiger partial charge is 0.325 e. The lowest BCUT2D eigenvalue weighted by Gasteiger charge is -2.14. The Morgan fingerprint density at radius 2 is 1.91 bits per heavy atom. The van der Waals surface area contributed by atoms with Crippen LogP contribution in [0.15, 0.2) is 70.6 Å². The van der Waals surface area contributed by atoms with E-state index >= 15 is 0 Å². The number of amides is 1. The number of carbonyl (C=O) groups is 1. The van der Waals surface area contributed by atoms with Gasteiger partial charge in [-0.2, -0.15) is 0 Å². The molecule has 0 aliphatic heterocycles. The summed E-state index contributed by atoms with van der Waals surface area (Å²) >= 11 is 6.94. The van der Waals surface area contributed by atoms with Crippen LogP contribution >= 0.6 is 23.4 Å². The molecule has 33 heavy (non-hydrogen) atoms. The number of thioether (sulfide) groups is 1. The highest BCUT2D eigenvalue weighted by Crippen LogP contribution is 2.26. The molecule has 0 fully saturated rings. The summed E-state index contributed by atoms with van der Waals surface area (Å²) in [4.78, 5) is 30.5. The van der Waals surface area contributed by atoms with Gasteiger partial charge >= 0.3 is 0 Å². The maximum absolute atomic E-state index is 14.2. The molecule has 0 radical (unpaired) electrons.